The Morgan fingerprint density at radius 1 is 1.07 bits per heavy atom. The maximum Gasteiger partial charge on any atom is 0.139 e. The summed E-state index contributed by atoms with van der Waals surface area (Å²) in [6.45, 7) is 10.4. The van der Waals surface area contributed by atoms with Gasteiger partial charge < -0.3 is 4.74 Å². The highest BCUT2D eigenvalue weighted by atomic mass is 16.5. The first-order valence-electron chi connectivity index (χ1n) is 10.0. The maximum atomic E-state index is 6.05. The normalized spacial score (nSPS) is 17.8. The number of likely N-dealkylation sites (tertiary alicyclic amines) is 1. The number of ether oxygens (including phenoxy) is 1. The summed E-state index contributed by atoms with van der Waals surface area (Å²) in [4.78, 5) is 2.56. The largest absolute Gasteiger partial charge is 0.493 e. The van der Waals surface area contributed by atoms with Crippen LogP contribution in [0.5, 0.6) is 5.75 Å². The van der Waals surface area contributed by atoms with Crippen LogP contribution in [0.1, 0.15) is 35.4 Å². The van der Waals surface area contributed by atoms with Crippen LogP contribution < -0.4 is 4.74 Å². The van der Waals surface area contributed by atoms with Gasteiger partial charge in [0.2, 0.25) is 0 Å². The van der Waals surface area contributed by atoms with Crippen molar-refractivity contribution in [2.75, 3.05) is 19.7 Å². The minimum Gasteiger partial charge on any atom is -0.493 e. The average molecular weight is 380 g/mol. The first-order chi connectivity index (χ1) is 13.6. The molecule has 6 nitrogen and oxygen atoms in total. The third-order valence-corrected chi connectivity index (χ3v) is 5.64. The van der Waals surface area contributed by atoms with Crippen LogP contribution in [0.25, 0.3) is 0 Å². The lowest BCUT2D eigenvalue weighted by Gasteiger charge is -2.32. The van der Waals surface area contributed by atoms with Gasteiger partial charge in [-0.15, -0.1) is 10.2 Å². The van der Waals surface area contributed by atoms with Gasteiger partial charge in [-0.3, -0.25) is 9.58 Å². The summed E-state index contributed by atoms with van der Waals surface area (Å²) < 4.78 is 10.1. The van der Waals surface area contributed by atoms with E-state index in [1.807, 2.05) is 4.68 Å². The summed E-state index contributed by atoms with van der Waals surface area (Å²) >= 11 is 0. The summed E-state index contributed by atoms with van der Waals surface area (Å²) in [6, 6.07) is 10.6. The fourth-order valence-electron chi connectivity index (χ4n) is 4.15. The van der Waals surface area contributed by atoms with Crippen LogP contribution in [0.2, 0.25) is 0 Å². The molecule has 1 aliphatic rings. The van der Waals surface area contributed by atoms with E-state index in [4.69, 9.17) is 4.74 Å². The lowest BCUT2D eigenvalue weighted by Crippen LogP contribution is -2.37. The Kier molecular flexibility index (Phi) is 5.48. The van der Waals surface area contributed by atoms with Crippen molar-refractivity contribution in [2.24, 2.45) is 5.92 Å². The van der Waals surface area contributed by atoms with Crippen molar-refractivity contribution in [3.63, 3.8) is 0 Å². The van der Waals surface area contributed by atoms with Crippen molar-refractivity contribution in [1.82, 2.24) is 24.4 Å². The van der Waals surface area contributed by atoms with Crippen molar-refractivity contribution in [3.8, 4) is 5.75 Å². The van der Waals surface area contributed by atoms with Crippen molar-refractivity contribution < 1.29 is 4.74 Å². The molecule has 2 aromatic heterocycles. The number of hydrogen-bond donors (Lipinski definition) is 0. The Morgan fingerprint density at radius 2 is 1.82 bits per heavy atom. The van der Waals surface area contributed by atoms with Crippen molar-refractivity contribution in [1.29, 1.82) is 0 Å². The molecule has 0 bridgehead atoms. The Hall–Kier alpha value is -2.60. The van der Waals surface area contributed by atoms with Gasteiger partial charge in [-0.1, -0.05) is 17.7 Å². The van der Waals surface area contributed by atoms with Gasteiger partial charge in [-0.25, -0.2) is 4.68 Å². The molecule has 3 aromatic rings. The summed E-state index contributed by atoms with van der Waals surface area (Å²) in [5, 5.41) is 7.87. The molecule has 0 radical (unpaired) electrons. The Balaban J connectivity index is 1.37. The number of aromatic nitrogens is 4. The lowest BCUT2D eigenvalue weighted by atomic mass is 9.98. The van der Waals surface area contributed by atoms with Crippen LogP contribution in [0.4, 0.5) is 0 Å². The molecule has 6 heteroatoms. The molecule has 3 heterocycles. The number of aryl methyl sites for hydroxylation is 2. The van der Waals surface area contributed by atoms with E-state index in [0.717, 1.165) is 32.0 Å². The predicted octanol–water partition coefficient (Wildman–Crippen LogP) is 3.61. The van der Waals surface area contributed by atoms with Crippen molar-refractivity contribution in [2.45, 2.75) is 40.2 Å². The molecule has 1 aromatic carbocycles. The van der Waals surface area contributed by atoms with E-state index < -0.39 is 0 Å². The molecule has 148 valence electrons. The topological polar surface area (TPSA) is 48.1 Å². The van der Waals surface area contributed by atoms with Gasteiger partial charge in [0.1, 0.15) is 18.4 Å². The second-order valence-corrected chi connectivity index (χ2v) is 7.92. The molecule has 1 saturated heterocycles. The monoisotopic (exact) mass is 379 g/mol. The summed E-state index contributed by atoms with van der Waals surface area (Å²) in [5.41, 5.74) is 5.07. The molecule has 1 fully saturated rings. The maximum absolute atomic E-state index is 6.05. The van der Waals surface area contributed by atoms with Gasteiger partial charge in [0.15, 0.2) is 0 Å². The molecule has 1 atom stereocenters. The van der Waals surface area contributed by atoms with E-state index in [9.17, 15) is 0 Å². The smallest absolute Gasteiger partial charge is 0.139 e. The number of hydrogen-bond acceptors (Lipinski definition) is 4. The van der Waals surface area contributed by atoms with Gasteiger partial charge in [0, 0.05) is 30.4 Å². The van der Waals surface area contributed by atoms with Gasteiger partial charge in [0.05, 0.1) is 6.61 Å². The highest BCUT2D eigenvalue weighted by molar-refractivity contribution is 5.27. The molecular weight excluding hydrogens is 350 g/mol. The fourth-order valence-corrected chi connectivity index (χ4v) is 4.15. The molecule has 0 spiro atoms. The predicted molar refractivity (Wildman–Crippen MR) is 109 cm³/mol. The SMILES string of the molecule is Cc1ccc(OC[C@@H]2CCCN(Cc3cc(C)n(-n4cnnc4)c3C)C2)cc1. The number of nitrogens with zero attached hydrogens (tertiary/aromatic N) is 5. The van der Waals surface area contributed by atoms with Crippen LogP contribution in [-0.4, -0.2) is 44.1 Å². The minimum atomic E-state index is 0.580. The van der Waals surface area contributed by atoms with E-state index in [0.29, 0.717) is 5.92 Å². The van der Waals surface area contributed by atoms with E-state index >= 15 is 0 Å². The second kappa shape index (κ2) is 8.19. The van der Waals surface area contributed by atoms with Crippen LogP contribution in [0.15, 0.2) is 43.0 Å². The Morgan fingerprint density at radius 3 is 2.57 bits per heavy atom. The van der Waals surface area contributed by atoms with Gasteiger partial charge in [0.25, 0.3) is 0 Å². The molecule has 28 heavy (non-hydrogen) atoms. The molecule has 0 amide bonds. The van der Waals surface area contributed by atoms with E-state index in [1.165, 1.54) is 35.4 Å². The van der Waals surface area contributed by atoms with Crippen molar-refractivity contribution in [3.05, 3.63) is 65.5 Å². The summed E-state index contributed by atoms with van der Waals surface area (Å²) in [6.07, 6.45) is 5.94. The zero-order valence-electron chi connectivity index (χ0n) is 17.0. The van der Waals surface area contributed by atoms with Crippen LogP contribution >= 0.6 is 0 Å². The van der Waals surface area contributed by atoms with E-state index in [-0.39, 0.29) is 0 Å². The van der Waals surface area contributed by atoms with E-state index in [2.05, 4.69) is 70.9 Å². The fraction of sp³-hybridized carbons (Fsp3) is 0.455. The van der Waals surface area contributed by atoms with E-state index in [1.54, 1.807) is 12.7 Å². The Labute approximate surface area is 166 Å². The number of piperidine rings is 1. The number of benzene rings is 1. The first-order valence-corrected chi connectivity index (χ1v) is 10.0. The van der Waals surface area contributed by atoms with Crippen LogP contribution in [0, 0.1) is 26.7 Å². The second-order valence-electron chi connectivity index (χ2n) is 7.92. The molecule has 1 aliphatic heterocycles. The lowest BCUT2D eigenvalue weighted by molar-refractivity contribution is 0.125. The highest BCUT2D eigenvalue weighted by Crippen LogP contribution is 2.23. The van der Waals surface area contributed by atoms with Crippen LogP contribution in [-0.2, 0) is 6.54 Å². The molecule has 0 N–H and O–H groups in total. The zero-order chi connectivity index (χ0) is 19.5. The van der Waals surface area contributed by atoms with Gasteiger partial charge >= 0.3 is 0 Å². The molecular formula is C22H29N5O. The molecule has 0 aliphatic carbocycles. The zero-order valence-corrected chi connectivity index (χ0v) is 17.0. The van der Waals surface area contributed by atoms with Gasteiger partial charge in [-0.05, 0) is 63.9 Å². The minimum absolute atomic E-state index is 0.580. The summed E-state index contributed by atoms with van der Waals surface area (Å²) in [5.74, 6) is 1.55. The Bertz CT molecular complexity index is 898. The molecule has 0 unspecified atom stereocenters. The first kappa shape index (κ1) is 18.7. The average Bonchev–Trinajstić information content (AvgIpc) is 3.30. The molecule has 4 rings (SSSR count). The molecule has 0 saturated carbocycles. The quantitative estimate of drug-likeness (QED) is 0.656. The van der Waals surface area contributed by atoms with Gasteiger partial charge in [-0.2, -0.15) is 0 Å². The summed E-state index contributed by atoms with van der Waals surface area (Å²) in [7, 11) is 0. The standard InChI is InChI=1S/C22H29N5O/c1-17-6-8-22(9-7-17)28-14-20-5-4-10-25(12-20)13-21-11-18(2)27(19(21)3)26-15-23-24-16-26/h6-9,11,15-16,20H,4-5,10,12-14H2,1-3H3/t20-/m1/s1. The van der Waals surface area contributed by atoms with Crippen molar-refractivity contribution >= 4 is 0 Å². The van der Waals surface area contributed by atoms with Crippen LogP contribution in [0.3, 0.4) is 0 Å². The third-order valence-electron chi connectivity index (χ3n) is 5.64. The third kappa shape index (κ3) is 4.12. The highest BCUT2D eigenvalue weighted by Gasteiger charge is 2.22. The number of rotatable bonds is 6.